The second-order valence-corrected chi connectivity index (χ2v) is 8.63. The molecule has 0 radical (unpaired) electrons. The first kappa shape index (κ1) is 19.6. The van der Waals surface area contributed by atoms with Crippen LogP contribution < -0.4 is 10.2 Å². The molecule has 1 aromatic heterocycles. The Morgan fingerprint density at radius 1 is 1.10 bits per heavy atom. The second-order valence-electron chi connectivity index (χ2n) is 7.26. The number of anilines is 2. The van der Waals surface area contributed by atoms with E-state index in [0.29, 0.717) is 17.3 Å². The summed E-state index contributed by atoms with van der Waals surface area (Å²) in [7, 11) is -1.26. The van der Waals surface area contributed by atoms with Gasteiger partial charge in [0.2, 0.25) is 0 Å². The van der Waals surface area contributed by atoms with Gasteiger partial charge in [-0.2, -0.15) is 0 Å². The summed E-state index contributed by atoms with van der Waals surface area (Å²) < 4.78 is 13.1. The van der Waals surface area contributed by atoms with Crippen molar-refractivity contribution in [2.75, 3.05) is 18.0 Å². The molecule has 0 saturated carbocycles. The Bertz CT molecular complexity index is 1070. The summed E-state index contributed by atoms with van der Waals surface area (Å²) in [5, 5.41) is 13.9. The van der Waals surface area contributed by atoms with Gasteiger partial charge in [0.05, 0.1) is 16.3 Å². The van der Waals surface area contributed by atoms with E-state index in [-0.39, 0.29) is 0 Å². The van der Waals surface area contributed by atoms with Gasteiger partial charge in [0.15, 0.2) is 5.03 Å². The van der Waals surface area contributed by atoms with Crippen molar-refractivity contribution in [3.8, 4) is 5.75 Å². The summed E-state index contributed by atoms with van der Waals surface area (Å²) in [5.74, 6) is 0.318. The zero-order chi connectivity index (χ0) is 20.4. The van der Waals surface area contributed by atoms with E-state index in [0.717, 1.165) is 46.9 Å². The van der Waals surface area contributed by atoms with Crippen molar-refractivity contribution in [1.29, 1.82) is 0 Å². The topological polar surface area (TPSA) is 65.5 Å². The molecule has 1 atom stereocenters. The summed E-state index contributed by atoms with van der Waals surface area (Å²) in [4.78, 5) is 7.50. The molecule has 29 heavy (non-hydrogen) atoms. The van der Waals surface area contributed by atoms with Gasteiger partial charge in [-0.25, -0.2) is 9.19 Å². The maximum Gasteiger partial charge on any atom is 0.155 e. The Morgan fingerprint density at radius 2 is 1.93 bits per heavy atom. The molecule has 1 unspecified atom stereocenters. The largest absolute Gasteiger partial charge is 0.508 e. The number of aryl methyl sites for hydroxylation is 1. The van der Waals surface area contributed by atoms with Crippen LogP contribution in [0.25, 0.3) is 0 Å². The fraction of sp³-hybridized carbons (Fsp3) is 0.261. The molecule has 2 aromatic carbocycles. The first-order valence-electron chi connectivity index (χ1n) is 9.80. The molecule has 150 valence electrons. The predicted molar refractivity (Wildman–Crippen MR) is 116 cm³/mol. The van der Waals surface area contributed by atoms with E-state index in [1.54, 1.807) is 12.3 Å². The van der Waals surface area contributed by atoms with Gasteiger partial charge in [-0.05, 0) is 62.2 Å². The monoisotopic (exact) mass is 407 g/mol. The van der Waals surface area contributed by atoms with E-state index in [1.807, 2.05) is 42.5 Å². The molecule has 3 aromatic rings. The standard InChI is InChI=1S/C23H25N3O2S/c1-16-10-11-21-22(17(16)2)26(19-8-5-13-25-23(19)29(21)28)14-6-12-24-15-18-7-3-4-9-20(18)27/h3-5,7-11,13,24,27H,6,12,14-15H2,1-2H3. The van der Waals surface area contributed by atoms with Crippen LogP contribution in [0.4, 0.5) is 11.4 Å². The summed E-state index contributed by atoms with van der Waals surface area (Å²) in [6.07, 6.45) is 2.61. The normalized spacial score (nSPS) is 15.1. The number of nitrogens with zero attached hydrogens (tertiary/aromatic N) is 2. The highest BCUT2D eigenvalue weighted by molar-refractivity contribution is 7.85. The molecule has 2 N–H and O–H groups in total. The second kappa shape index (κ2) is 8.35. The molecule has 1 aliphatic heterocycles. The third-order valence-electron chi connectivity index (χ3n) is 5.39. The van der Waals surface area contributed by atoms with Gasteiger partial charge in [-0.15, -0.1) is 0 Å². The molecule has 0 bridgehead atoms. The Morgan fingerprint density at radius 3 is 2.76 bits per heavy atom. The van der Waals surface area contributed by atoms with Crippen molar-refractivity contribution < 1.29 is 9.32 Å². The minimum atomic E-state index is -1.26. The number of nitrogens with one attached hydrogen (secondary N) is 1. The number of pyridine rings is 1. The molecule has 0 aliphatic carbocycles. The van der Waals surface area contributed by atoms with Gasteiger partial charge >= 0.3 is 0 Å². The van der Waals surface area contributed by atoms with Crippen LogP contribution in [0.15, 0.2) is 64.6 Å². The smallest absolute Gasteiger partial charge is 0.155 e. The quantitative estimate of drug-likeness (QED) is 0.600. The number of aromatic hydroxyl groups is 1. The molecule has 0 amide bonds. The van der Waals surface area contributed by atoms with Gasteiger partial charge < -0.3 is 15.3 Å². The Kier molecular flexibility index (Phi) is 5.65. The van der Waals surface area contributed by atoms with Crippen LogP contribution in [0.1, 0.15) is 23.1 Å². The van der Waals surface area contributed by atoms with Gasteiger partial charge in [-0.1, -0.05) is 24.3 Å². The van der Waals surface area contributed by atoms with E-state index in [4.69, 9.17) is 0 Å². The predicted octanol–water partition coefficient (Wildman–Crippen LogP) is 4.20. The fourth-order valence-corrected chi connectivity index (χ4v) is 5.06. The Labute approximate surface area is 173 Å². The number of aromatic nitrogens is 1. The fourth-order valence-electron chi connectivity index (χ4n) is 3.69. The molecule has 4 rings (SSSR count). The van der Waals surface area contributed by atoms with E-state index < -0.39 is 10.8 Å². The van der Waals surface area contributed by atoms with Crippen LogP contribution in [0.2, 0.25) is 0 Å². The molecule has 6 heteroatoms. The SMILES string of the molecule is Cc1ccc2c(c1C)N(CCCNCc1ccccc1O)c1cccnc1S2=O. The highest BCUT2D eigenvalue weighted by atomic mass is 32.2. The third-order valence-corrected chi connectivity index (χ3v) is 6.79. The van der Waals surface area contributed by atoms with Gasteiger partial charge in [0, 0.05) is 24.8 Å². The maximum atomic E-state index is 13.1. The average molecular weight is 408 g/mol. The summed E-state index contributed by atoms with van der Waals surface area (Å²) in [6, 6.07) is 15.3. The first-order valence-corrected chi connectivity index (χ1v) is 10.9. The van der Waals surface area contributed by atoms with Crippen LogP contribution in [0.3, 0.4) is 0 Å². The molecule has 0 saturated heterocycles. The van der Waals surface area contributed by atoms with Crippen molar-refractivity contribution in [3.63, 3.8) is 0 Å². The maximum absolute atomic E-state index is 13.1. The molecular weight excluding hydrogens is 382 g/mol. The van der Waals surface area contributed by atoms with Crippen molar-refractivity contribution in [3.05, 3.63) is 71.4 Å². The van der Waals surface area contributed by atoms with E-state index in [9.17, 15) is 9.32 Å². The van der Waals surface area contributed by atoms with Crippen LogP contribution in [0.5, 0.6) is 5.75 Å². The lowest BCUT2D eigenvalue weighted by Gasteiger charge is -2.34. The average Bonchev–Trinajstić information content (AvgIpc) is 2.73. The molecule has 5 nitrogen and oxygen atoms in total. The van der Waals surface area contributed by atoms with Gasteiger partial charge in [0.1, 0.15) is 16.5 Å². The van der Waals surface area contributed by atoms with E-state index >= 15 is 0 Å². The number of fused-ring (bicyclic) bond motifs is 2. The molecule has 1 aliphatic rings. The number of phenolic OH excluding ortho intramolecular Hbond substituents is 1. The molecule has 0 fully saturated rings. The van der Waals surface area contributed by atoms with E-state index in [1.165, 1.54) is 5.56 Å². The zero-order valence-corrected chi connectivity index (χ0v) is 17.5. The van der Waals surface area contributed by atoms with Gasteiger partial charge in [-0.3, -0.25) is 0 Å². The number of para-hydroxylation sites is 1. The highest BCUT2D eigenvalue weighted by Crippen LogP contribution is 2.43. The molecular formula is C23H25N3O2S. The number of benzene rings is 2. The lowest BCUT2D eigenvalue weighted by atomic mass is 10.1. The number of rotatable bonds is 6. The molecule has 2 heterocycles. The lowest BCUT2D eigenvalue weighted by molar-refractivity contribution is 0.464. The lowest BCUT2D eigenvalue weighted by Crippen LogP contribution is -2.29. The number of hydrogen-bond donors (Lipinski definition) is 2. The van der Waals surface area contributed by atoms with Crippen molar-refractivity contribution in [2.45, 2.75) is 36.7 Å². The highest BCUT2D eigenvalue weighted by Gasteiger charge is 2.30. The minimum Gasteiger partial charge on any atom is -0.508 e. The summed E-state index contributed by atoms with van der Waals surface area (Å²) in [6.45, 7) is 6.41. The third kappa shape index (κ3) is 3.78. The molecule has 0 spiro atoms. The number of phenols is 1. The van der Waals surface area contributed by atoms with Crippen molar-refractivity contribution >= 4 is 22.2 Å². The minimum absolute atomic E-state index is 0.318. The van der Waals surface area contributed by atoms with Crippen molar-refractivity contribution in [2.24, 2.45) is 0 Å². The van der Waals surface area contributed by atoms with Crippen molar-refractivity contribution in [1.82, 2.24) is 10.3 Å². The van der Waals surface area contributed by atoms with Gasteiger partial charge in [0.25, 0.3) is 0 Å². The zero-order valence-electron chi connectivity index (χ0n) is 16.7. The van der Waals surface area contributed by atoms with E-state index in [2.05, 4.69) is 29.0 Å². The first-order chi connectivity index (χ1) is 14.1. The Balaban J connectivity index is 1.51. The van der Waals surface area contributed by atoms with Crippen LogP contribution in [0, 0.1) is 13.8 Å². The van der Waals surface area contributed by atoms with Crippen LogP contribution >= 0.6 is 0 Å². The summed E-state index contributed by atoms with van der Waals surface area (Å²) >= 11 is 0. The number of hydrogen-bond acceptors (Lipinski definition) is 5. The van der Waals surface area contributed by atoms with Crippen LogP contribution in [-0.2, 0) is 17.3 Å². The van der Waals surface area contributed by atoms with Crippen LogP contribution in [-0.4, -0.2) is 27.4 Å². The summed E-state index contributed by atoms with van der Waals surface area (Å²) in [5.41, 5.74) is 5.22. The Hall–Kier alpha value is -2.70.